The number of nitrogens with two attached hydrogens (primary N) is 1. The van der Waals surface area contributed by atoms with Crippen molar-refractivity contribution in [3.63, 3.8) is 0 Å². The van der Waals surface area contributed by atoms with Gasteiger partial charge in [0.05, 0.1) is 12.2 Å². The molecule has 0 saturated heterocycles. The molecule has 110 valence electrons. The van der Waals surface area contributed by atoms with E-state index in [0.29, 0.717) is 12.5 Å². The summed E-state index contributed by atoms with van der Waals surface area (Å²) in [5.41, 5.74) is 7.41. The summed E-state index contributed by atoms with van der Waals surface area (Å²) in [7, 11) is 0. The van der Waals surface area contributed by atoms with Crippen molar-refractivity contribution in [3.8, 4) is 12.3 Å². The van der Waals surface area contributed by atoms with Gasteiger partial charge in [-0.2, -0.15) is 0 Å². The van der Waals surface area contributed by atoms with Crippen LogP contribution in [0.3, 0.4) is 0 Å². The zero-order valence-corrected chi connectivity index (χ0v) is 13.2. The fraction of sp³-hybridized carbons (Fsp3) is 0.706. The number of nitrogens with zero attached hydrogens (tertiary/aromatic N) is 2. The number of imidazole rings is 1. The highest BCUT2D eigenvalue weighted by molar-refractivity contribution is 5.42. The molecule has 1 aromatic heterocycles. The van der Waals surface area contributed by atoms with Crippen molar-refractivity contribution in [1.82, 2.24) is 9.55 Å². The van der Waals surface area contributed by atoms with E-state index >= 15 is 0 Å². The van der Waals surface area contributed by atoms with Gasteiger partial charge < -0.3 is 10.3 Å². The Bertz CT molecular complexity index is 514. The molecule has 2 unspecified atom stereocenters. The van der Waals surface area contributed by atoms with Crippen molar-refractivity contribution >= 4 is 5.82 Å². The summed E-state index contributed by atoms with van der Waals surface area (Å²) in [5.74, 6) is 5.77. The predicted octanol–water partition coefficient (Wildman–Crippen LogP) is 3.69. The first-order chi connectivity index (χ1) is 9.34. The molecule has 20 heavy (non-hydrogen) atoms. The third-order valence-electron chi connectivity index (χ3n) is 4.28. The van der Waals surface area contributed by atoms with Gasteiger partial charge in [0, 0.05) is 11.3 Å². The van der Waals surface area contributed by atoms with Gasteiger partial charge in [-0.3, -0.25) is 0 Å². The van der Waals surface area contributed by atoms with Gasteiger partial charge in [-0.1, -0.05) is 46.5 Å². The highest BCUT2D eigenvalue weighted by Gasteiger charge is 2.30. The molecule has 1 aliphatic rings. The number of rotatable bonds is 2. The van der Waals surface area contributed by atoms with Gasteiger partial charge in [0.15, 0.2) is 0 Å². The summed E-state index contributed by atoms with van der Waals surface area (Å²) in [6.07, 6.45) is 10.5. The van der Waals surface area contributed by atoms with Gasteiger partial charge in [0.2, 0.25) is 0 Å². The monoisotopic (exact) mass is 273 g/mol. The van der Waals surface area contributed by atoms with Crippen molar-refractivity contribution in [2.75, 3.05) is 5.73 Å². The topological polar surface area (TPSA) is 43.8 Å². The SMILES string of the molecule is C#CCn1c(C(C)(C)C)nc(C2CCCC(C)C2)c1N. The minimum absolute atomic E-state index is 0.0382. The van der Waals surface area contributed by atoms with E-state index in [0.717, 1.165) is 23.3 Å². The molecular formula is C17H27N3. The Hall–Kier alpha value is -1.43. The van der Waals surface area contributed by atoms with Crippen molar-refractivity contribution in [3.05, 3.63) is 11.5 Å². The summed E-state index contributed by atoms with van der Waals surface area (Å²) >= 11 is 0. The quantitative estimate of drug-likeness (QED) is 0.835. The number of nitrogen functional groups attached to an aromatic ring is 1. The van der Waals surface area contributed by atoms with Gasteiger partial charge in [-0.05, 0) is 18.8 Å². The first-order valence-electron chi connectivity index (χ1n) is 7.64. The normalized spacial score (nSPS) is 23.6. The van der Waals surface area contributed by atoms with Crippen LogP contribution in [0, 0.1) is 18.3 Å². The summed E-state index contributed by atoms with van der Waals surface area (Å²) in [6, 6.07) is 0. The van der Waals surface area contributed by atoms with E-state index in [-0.39, 0.29) is 5.41 Å². The van der Waals surface area contributed by atoms with E-state index in [2.05, 4.69) is 33.6 Å². The third-order valence-corrected chi connectivity index (χ3v) is 4.28. The first-order valence-corrected chi connectivity index (χ1v) is 7.64. The van der Waals surface area contributed by atoms with Crippen LogP contribution in [-0.2, 0) is 12.0 Å². The summed E-state index contributed by atoms with van der Waals surface area (Å²) < 4.78 is 2.02. The molecule has 0 bridgehead atoms. The molecule has 1 heterocycles. The Morgan fingerprint density at radius 2 is 2.10 bits per heavy atom. The molecule has 0 radical (unpaired) electrons. The second kappa shape index (κ2) is 5.52. The van der Waals surface area contributed by atoms with Crippen molar-refractivity contribution < 1.29 is 0 Å². The summed E-state index contributed by atoms with van der Waals surface area (Å²) in [5, 5.41) is 0. The minimum atomic E-state index is -0.0382. The predicted molar refractivity (Wildman–Crippen MR) is 84.5 cm³/mol. The van der Waals surface area contributed by atoms with Crippen LogP contribution < -0.4 is 5.73 Å². The Labute approximate surface area is 123 Å². The van der Waals surface area contributed by atoms with Crippen LogP contribution in [0.5, 0.6) is 0 Å². The number of hydrogen-bond acceptors (Lipinski definition) is 2. The molecule has 1 saturated carbocycles. The molecule has 3 heteroatoms. The fourth-order valence-corrected chi connectivity index (χ4v) is 3.29. The zero-order chi connectivity index (χ0) is 14.9. The molecule has 3 nitrogen and oxygen atoms in total. The van der Waals surface area contributed by atoms with E-state index in [4.69, 9.17) is 17.1 Å². The molecule has 0 amide bonds. The average molecular weight is 273 g/mol. The fourth-order valence-electron chi connectivity index (χ4n) is 3.29. The molecule has 0 aromatic carbocycles. The van der Waals surface area contributed by atoms with Crippen molar-refractivity contribution in [2.24, 2.45) is 5.92 Å². The lowest BCUT2D eigenvalue weighted by atomic mass is 9.81. The van der Waals surface area contributed by atoms with Gasteiger partial charge in [-0.25, -0.2) is 4.98 Å². The molecular weight excluding hydrogens is 246 g/mol. The average Bonchev–Trinajstić information content (AvgIpc) is 2.68. The van der Waals surface area contributed by atoms with E-state index in [1.165, 1.54) is 25.7 Å². The van der Waals surface area contributed by atoms with Crippen LogP contribution in [0.1, 0.15) is 70.8 Å². The third kappa shape index (κ3) is 2.85. The molecule has 0 aliphatic heterocycles. The lowest BCUT2D eigenvalue weighted by molar-refractivity contribution is 0.340. The van der Waals surface area contributed by atoms with E-state index in [1.807, 2.05) is 4.57 Å². The minimum Gasteiger partial charge on any atom is -0.384 e. The molecule has 0 spiro atoms. The molecule has 2 atom stereocenters. The lowest BCUT2D eigenvalue weighted by Gasteiger charge is -2.25. The first kappa shape index (κ1) is 15.0. The lowest BCUT2D eigenvalue weighted by Crippen LogP contribution is -2.19. The maximum Gasteiger partial charge on any atom is 0.127 e. The Kier molecular flexibility index (Phi) is 4.13. The van der Waals surface area contributed by atoms with Crippen LogP contribution >= 0.6 is 0 Å². The van der Waals surface area contributed by atoms with Crippen LogP contribution in [0.15, 0.2) is 0 Å². The van der Waals surface area contributed by atoms with Crippen LogP contribution in [0.25, 0.3) is 0 Å². The maximum atomic E-state index is 6.37. The van der Waals surface area contributed by atoms with Gasteiger partial charge in [0.1, 0.15) is 11.6 Å². The van der Waals surface area contributed by atoms with Crippen LogP contribution in [0.4, 0.5) is 5.82 Å². The maximum absolute atomic E-state index is 6.37. The molecule has 1 aliphatic carbocycles. The Morgan fingerprint density at radius 1 is 1.40 bits per heavy atom. The van der Waals surface area contributed by atoms with Crippen LogP contribution in [0.2, 0.25) is 0 Å². The Morgan fingerprint density at radius 3 is 2.65 bits per heavy atom. The summed E-state index contributed by atoms with van der Waals surface area (Å²) in [6.45, 7) is 9.32. The van der Waals surface area contributed by atoms with E-state index in [1.54, 1.807) is 0 Å². The molecule has 1 aromatic rings. The summed E-state index contributed by atoms with van der Waals surface area (Å²) in [4.78, 5) is 4.90. The number of aromatic nitrogens is 2. The molecule has 2 N–H and O–H groups in total. The molecule has 1 fully saturated rings. The zero-order valence-electron chi connectivity index (χ0n) is 13.2. The molecule has 2 rings (SSSR count). The van der Waals surface area contributed by atoms with Gasteiger partial charge in [-0.15, -0.1) is 6.42 Å². The van der Waals surface area contributed by atoms with Crippen molar-refractivity contribution in [2.45, 2.75) is 71.3 Å². The highest BCUT2D eigenvalue weighted by atomic mass is 15.1. The number of hydrogen-bond donors (Lipinski definition) is 1. The van der Waals surface area contributed by atoms with E-state index in [9.17, 15) is 0 Å². The smallest absolute Gasteiger partial charge is 0.127 e. The van der Waals surface area contributed by atoms with Gasteiger partial charge >= 0.3 is 0 Å². The standard InChI is InChI=1S/C17H27N3/c1-6-10-20-15(18)14(19-16(20)17(3,4)5)13-9-7-8-12(2)11-13/h1,12-13H,7-11,18H2,2-5H3. The van der Waals surface area contributed by atoms with Crippen LogP contribution in [-0.4, -0.2) is 9.55 Å². The number of anilines is 1. The van der Waals surface area contributed by atoms with E-state index < -0.39 is 0 Å². The highest BCUT2D eigenvalue weighted by Crippen LogP contribution is 2.39. The second-order valence-electron chi connectivity index (χ2n) is 7.21. The number of terminal acetylenes is 1. The second-order valence-corrected chi connectivity index (χ2v) is 7.21. The van der Waals surface area contributed by atoms with Crippen molar-refractivity contribution in [1.29, 1.82) is 0 Å². The Balaban J connectivity index is 2.42. The van der Waals surface area contributed by atoms with Gasteiger partial charge in [0.25, 0.3) is 0 Å². The largest absolute Gasteiger partial charge is 0.384 e.